The van der Waals surface area contributed by atoms with Crippen LogP contribution in [0.5, 0.6) is 0 Å². The van der Waals surface area contributed by atoms with E-state index in [1.54, 1.807) is 36.7 Å². The summed E-state index contributed by atoms with van der Waals surface area (Å²) in [7, 11) is -3.57. The van der Waals surface area contributed by atoms with E-state index in [1.165, 1.54) is 6.07 Å². The molecule has 0 atom stereocenters. The average Bonchev–Trinajstić information content (AvgIpc) is 2.49. The summed E-state index contributed by atoms with van der Waals surface area (Å²) in [4.78, 5) is 16.1. The number of anilines is 1. The third kappa shape index (κ3) is 5.45. The highest BCUT2D eigenvalue weighted by Crippen LogP contribution is 2.25. The van der Waals surface area contributed by atoms with Gasteiger partial charge in [-0.05, 0) is 35.9 Å². The predicted molar refractivity (Wildman–Crippen MR) is 94.6 cm³/mol. The number of nitrogens with one attached hydrogen (secondary N) is 1. The van der Waals surface area contributed by atoms with Gasteiger partial charge in [-0.3, -0.25) is 9.78 Å². The Labute approximate surface area is 150 Å². The van der Waals surface area contributed by atoms with Gasteiger partial charge in [0.1, 0.15) is 0 Å². The van der Waals surface area contributed by atoms with Crippen LogP contribution in [0.1, 0.15) is 5.56 Å². The lowest BCUT2D eigenvalue weighted by molar-refractivity contribution is -0.116. The van der Waals surface area contributed by atoms with Crippen molar-refractivity contribution >= 4 is 44.8 Å². The van der Waals surface area contributed by atoms with Crippen LogP contribution in [0.25, 0.3) is 0 Å². The number of amides is 1. The molecule has 1 aromatic heterocycles. The fourth-order valence-corrected chi connectivity index (χ4v) is 3.11. The molecule has 1 amide bonds. The van der Waals surface area contributed by atoms with Gasteiger partial charge in [-0.1, -0.05) is 23.2 Å². The Kier molecular flexibility index (Phi) is 6.17. The van der Waals surface area contributed by atoms with E-state index < -0.39 is 15.9 Å². The average molecular weight is 388 g/mol. The van der Waals surface area contributed by atoms with Crippen LogP contribution < -0.4 is 5.32 Å². The molecular formula is C15H15Cl2N3O3S. The van der Waals surface area contributed by atoms with Crippen molar-refractivity contribution < 1.29 is 13.2 Å². The molecule has 0 saturated heterocycles. The Morgan fingerprint density at radius 2 is 1.88 bits per heavy atom. The number of pyridine rings is 1. The second-order valence-corrected chi connectivity index (χ2v) is 7.88. The molecule has 0 unspecified atom stereocenters. The maximum atomic E-state index is 12.2. The lowest BCUT2D eigenvalue weighted by atomic mass is 10.2. The number of hydrogen-bond acceptors (Lipinski definition) is 4. The highest BCUT2D eigenvalue weighted by Gasteiger charge is 2.21. The van der Waals surface area contributed by atoms with E-state index in [1.807, 2.05) is 0 Å². The highest BCUT2D eigenvalue weighted by molar-refractivity contribution is 7.88. The minimum absolute atomic E-state index is 0.0725. The number of carbonyl (C=O) groups is 1. The van der Waals surface area contributed by atoms with Crippen molar-refractivity contribution in [3.63, 3.8) is 0 Å². The lowest BCUT2D eigenvalue weighted by Gasteiger charge is -2.19. The van der Waals surface area contributed by atoms with Crippen molar-refractivity contribution in [3.8, 4) is 0 Å². The SMILES string of the molecule is CS(=O)(=O)N(CC(=O)Nc1ccc(Cl)cc1Cl)Cc1ccncc1. The van der Waals surface area contributed by atoms with Gasteiger partial charge in [-0.15, -0.1) is 0 Å². The molecule has 0 saturated carbocycles. The van der Waals surface area contributed by atoms with Crippen molar-refractivity contribution in [1.82, 2.24) is 9.29 Å². The first kappa shape index (κ1) is 18.7. The van der Waals surface area contributed by atoms with E-state index in [9.17, 15) is 13.2 Å². The number of benzene rings is 1. The van der Waals surface area contributed by atoms with Gasteiger partial charge in [0, 0.05) is 24.0 Å². The van der Waals surface area contributed by atoms with Gasteiger partial charge in [-0.2, -0.15) is 4.31 Å². The third-order valence-electron chi connectivity index (χ3n) is 3.10. The molecule has 1 N–H and O–H groups in total. The van der Waals surface area contributed by atoms with E-state index in [-0.39, 0.29) is 18.1 Å². The zero-order chi connectivity index (χ0) is 17.7. The molecule has 0 aliphatic carbocycles. The van der Waals surface area contributed by atoms with Gasteiger partial charge in [0.05, 0.1) is 23.5 Å². The number of sulfonamides is 1. The standard InChI is InChI=1S/C15H15Cl2N3O3S/c1-24(22,23)20(9-11-4-6-18-7-5-11)10-15(21)19-14-3-2-12(16)8-13(14)17/h2-8H,9-10H2,1H3,(H,19,21). The first-order valence-electron chi connectivity index (χ1n) is 6.84. The van der Waals surface area contributed by atoms with Gasteiger partial charge < -0.3 is 5.32 Å². The van der Waals surface area contributed by atoms with Crippen LogP contribution in [0.2, 0.25) is 10.0 Å². The normalized spacial score (nSPS) is 11.5. The Hall–Kier alpha value is -1.67. The Morgan fingerprint density at radius 1 is 1.21 bits per heavy atom. The van der Waals surface area contributed by atoms with Crippen LogP contribution in [-0.4, -0.2) is 36.4 Å². The van der Waals surface area contributed by atoms with Crippen LogP contribution in [0.4, 0.5) is 5.69 Å². The fourth-order valence-electron chi connectivity index (χ4n) is 1.92. The van der Waals surface area contributed by atoms with Crippen molar-refractivity contribution in [3.05, 3.63) is 58.3 Å². The summed E-state index contributed by atoms with van der Waals surface area (Å²) in [5.41, 5.74) is 1.09. The minimum atomic E-state index is -3.57. The molecule has 128 valence electrons. The summed E-state index contributed by atoms with van der Waals surface area (Å²) < 4.78 is 24.9. The molecule has 1 heterocycles. The van der Waals surface area contributed by atoms with E-state index in [2.05, 4.69) is 10.3 Å². The van der Waals surface area contributed by atoms with Gasteiger partial charge >= 0.3 is 0 Å². The highest BCUT2D eigenvalue weighted by atomic mass is 35.5. The quantitative estimate of drug-likeness (QED) is 0.826. The number of nitrogens with zero attached hydrogens (tertiary/aromatic N) is 2. The molecule has 9 heteroatoms. The van der Waals surface area contributed by atoms with E-state index in [4.69, 9.17) is 23.2 Å². The number of hydrogen-bond donors (Lipinski definition) is 1. The van der Waals surface area contributed by atoms with Crippen molar-refractivity contribution in [2.75, 3.05) is 18.1 Å². The summed E-state index contributed by atoms with van der Waals surface area (Å²) >= 11 is 11.8. The van der Waals surface area contributed by atoms with Gasteiger partial charge in [0.15, 0.2) is 0 Å². The number of rotatable bonds is 6. The molecular weight excluding hydrogens is 373 g/mol. The van der Waals surface area contributed by atoms with Crippen molar-refractivity contribution in [1.29, 1.82) is 0 Å². The molecule has 2 rings (SSSR count). The van der Waals surface area contributed by atoms with Gasteiger partial charge in [0.2, 0.25) is 15.9 Å². The zero-order valence-electron chi connectivity index (χ0n) is 12.7. The smallest absolute Gasteiger partial charge is 0.239 e. The molecule has 0 fully saturated rings. The number of aromatic nitrogens is 1. The first-order chi connectivity index (χ1) is 11.3. The summed E-state index contributed by atoms with van der Waals surface area (Å²) in [6.07, 6.45) is 4.17. The van der Waals surface area contributed by atoms with Crippen LogP contribution >= 0.6 is 23.2 Å². The van der Waals surface area contributed by atoms with Crippen LogP contribution in [0, 0.1) is 0 Å². The maximum Gasteiger partial charge on any atom is 0.239 e. The number of halogens is 2. The van der Waals surface area contributed by atoms with Gasteiger partial charge in [0.25, 0.3) is 0 Å². The molecule has 2 aromatic rings. The maximum absolute atomic E-state index is 12.2. The molecule has 0 radical (unpaired) electrons. The van der Waals surface area contributed by atoms with Crippen molar-refractivity contribution in [2.45, 2.75) is 6.54 Å². The second kappa shape index (κ2) is 7.94. The van der Waals surface area contributed by atoms with Crippen LogP contribution in [0.15, 0.2) is 42.7 Å². The first-order valence-corrected chi connectivity index (χ1v) is 9.45. The monoisotopic (exact) mass is 387 g/mol. The van der Waals surface area contributed by atoms with E-state index in [0.29, 0.717) is 10.7 Å². The molecule has 0 aliphatic heterocycles. The second-order valence-electron chi connectivity index (χ2n) is 5.06. The van der Waals surface area contributed by atoms with E-state index in [0.717, 1.165) is 16.1 Å². The molecule has 24 heavy (non-hydrogen) atoms. The lowest BCUT2D eigenvalue weighted by Crippen LogP contribution is -2.36. The zero-order valence-corrected chi connectivity index (χ0v) is 15.1. The Morgan fingerprint density at radius 3 is 2.46 bits per heavy atom. The van der Waals surface area contributed by atoms with Gasteiger partial charge in [-0.25, -0.2) is 8.42 Å². The Bertz CT molecular complexity index is 829. The summed E-state index contributed by atoms with van der Waals surface area (Å²) in [6, 6.07) is 7.99. The summed E-state index contributed by atoms with van der Waals surface area (Å²) in [5, 5.41) is 3.29. The van der Waals surface area contributed by atoms with E-state index >= 15 is 0 Å². The molecule has 1 aromatic carbocycles. The molecule has 0 bridgehead atoms. The third-order valence-corrected chi connectivity index (χ3v) is 4.85. The predicted octanol–water partition coefficient (Wildman–Crippen LogP) is 2.79. The van der Waals surface area contributed by atoms with Crippen LogP contribution in [-0.2, 0) is 21.4 Å². The minimum Gasteiger partial charge on any atom is -0.324 e. The largest absolute Gasteiger partial charge is 0.324 e. The van der Waals surface area contributed by atoms with Crippen LogP contribution in [0.3, 0.4) is 0 Å². The van der Waals surface area contributed by atoms with Crippen molar-refractivity contribution in [2.24, 2.45) is 0 Å². The summed E-state index contributed by atoms with van der Waals surface area (Å²) in [5.74, 6) is -0.501. The fraction of sp³-hybridized carbons (Fsp3) is 0.200. The molecule has 6 nitrogen and oxygen atoms in total. The number of carbonyl (C=O) groups excluding carboxylic acids is 1. The Balaban J connectivity index is 2.10. The molecule has 0 aliphatic rings. The topological polar surface area (TPSA) is 79.4 Å². The summed E-state index contributed by atoms with van der Waals surface area (Å²) in [6.45, 7) is -0.261. The molecule has 0 spiro atoms.